The quantitative estimate of drug-likeness (QED) is 0.735. The van der Waals surface area contributed by atoms with Crippen LogP contribution in [0.4, 0.5) is 4.79 Å². The topological polar surface area (TPSA) is 68.4 Å². The van der Waals surface area contributed by atoms with Crippen molar-refractivity contribution < 1.29 is 4.79 Å². The molecule has 2 heterocycles. The van der Waals surface area contributed by atoms with Crippen molar-refractivity contribution in [3.8, 4) is 0 Å². The highest BCUT2D eigenvalue weighted by Crippen LogP contribution is 2.12. The first-order valence-electron chi connectivity index (χ1n) is 9.59. The van der Waals surface area contributed by atoms with Gasteiger partial charge < -0.3 is 15.2 Å². The van der Waals surface area contributed by atoms with E-state index in [2.05, 4.69) is 15.2 Å². The van der Waals surface area contributed by atoms with Gasteiger partial charge in [0, 0.05) is 50.3 Å². The Morgan fingerprint density at radius 3 is 2.46 bits per heavy atom. The molecule has 0 bridgehead atoms. The number of rotatable bonds is 4. The molecule has 28 heavy (non-hydrogen) atoms. The van der Waals surface area contributed by atoms with Crippen LogP contribution in [0.5, 0.6) is 0 Å². The number of nitrogens with zero attached hydrogens (tertiary/aromatic N) is 2. The van der Waals surface area contributed by atoms with E-state index < -0.39 is 0 Å². The number of carbonyl (C=O) groups is 1. The van der Waals surface area contributed by atoms with Gasteiger partial charge >= 0.3 is 6.03 Å². The summed E-state index contributed by atoms with van der Waals surface area (Å²) in [7, 11) is 0. The number of para-hydroxylation sites is 1. The zero-order valence-electron chi connectivity index (χ0n) is 15.7. The minimum atomic E-state index is -0.0401. The van der Waals surface area contributed by atoms with Crippen LogP contribution in [0, 0.1) is 0 Å². The Morgan fingerprint density at radius 2 is 1.68 bits per heavy atom. The number of urea groups is 1. The molecule has 2 aromatic carbocycles. The molecule has 0 spiro atoms. The van der Waals surface area contributed by atoms with Gasteiger partial charge in [-0.05, 0) is 23.1 Å². The van der Waals surface area contributed by atoms with Crippen LogP contribution in [0.3, 0.4) is 0 Å². The molecule has 4 rings (SSSR count). The molecule has 1 saturated heterocycles. The van der Waals surface area contributed by atoms with Crippen molar-refractivity contribution in [3.63, 3.8) is 0 Å². The number of benzene rings is 2. The van der Waals surface area contributed by atoms with E-state index in [1.54, 1.807) is 0 Å². The number of hydrogen-bond donors (Lipinski definition) is 2. The maximum absolute atomic E-state index is 12.4. The van der Waals surface area contributed by atoms with E-state index in [-0.39, 0.29) is 11.6 Å². The fourth-order valence-corrected chi connectivity index (χ4v) is 3.55. The fraction of sp³-hybridized carbons (Fsp3) is 0.273. The largest absolute Gasteiger partial charge is 0.334 e. The summed E-state index contributed by atoms with van der Waals surface area (Å²) in [6, 6.07) is 19.6. The maximum atomic E-state index is 12.4. The molecule has 1 aromatic heterocycles. The third kappa shape index (κ3) is 4.23. The smallest absolute Gasteiger partial charge is 0.317 e. The summed E-state index contributed by atoms with van der Waals surface area (Å²) in [6.45, 7) is 3.96. The molecule has 3 aromatic rings. The number of piperazine rings is 1. The number of pyridine rings is 1. The number of fused-ring (bicyclic) bond motifs is 1. The Balaban J connectivity index is 1.31. The van der Waals surface area contributed by atoms with Gasteiger partial charge in [0.05, 0.1) is 0 Å². The zero-order valence-corrected chi connectivity index (χ0v) is 15.7. The summed E-state index contributed by atoms with van der Waals surface area (Å²) in [5, 5.41) is 4.01. The van der Waals surface area contributed by atoms with E-state index >= 15 is 0 Å². The highest BCUT2D eigenvalue weighted by molar-refractivity contribution is 5.78. The van der Waals surface area contributed by atoms with Gasteiger partial charge in [0.15, 0.2) is 0 Å². The van der Waals surface area contributed by atoms with Gasteiger partial charge in [-0.25, -0.2) is 4.79 Å². The summed E-state index contributed by atoms with van der Waals surface area (Å²) >= 11 is 0. The zero-order chi connectivity index (χ0) is 19.3. The van der Waals surface area contributed by atoms with Crippen LogP contribution < -0.4 is 10.9 Å². The van der Waals surface area contributed by atoms with Crippen LogP contribution >= 0.6 is 0 Å². The lowest BCUT2D eigenvalue weighted by Gasteiger charge is -2.34. The normalized spacial score (nSPS) is 14.9. The monoisotopic (exact) mass is 376 g/mol. The lowest BCUT2D eigenvalue weighted by Crippen LogP contribution is -2.51. The van der Waals surface area contributed by atoms with Crippen molar-refractivity contribution in [1.82, 2.24) is 20.1 Å². The number of nitrogens with one attached hydrogen (secondary N) is 2. The lowest BCUT2D eigenvalue weighted by molar-refractivity contribution is 0.135. The Hall–Kier alpha value is -3.12. The second-order valence-corrected chi connectivity index (χ2v) is 7.12. The summed E-state index contributed by atoms with van der Waals surface area (Å²) in [5.74, 6) is 0. The highest BCUT2D eigenvalue weighted by Gasteiger charge is 2.21. The number of aromatic amines is 1. The van der Waals surface area contributed by atoms with Gasteiger partial charge in [-0.2, -0.15) is 0 Å². The molecule has 0 saturated carbocycles. The molecule has 1 fully saturated rings. The molecule has 2 N–H and O–H groups in total. The third-order valence-corrected chi connectivity index (χ3v) is 5.17. The van der Waals surface area contributed by atoms with Crippen LogP contribution in [0.15, 0.2) is 65.5 Å². The van der Waals surface area contributed by atoms with Crippen molar-refractivity contribution in [2.24, 2.45) is 0 Å². The number of carbonyl (C=O) groups excluding carboxylic acids is 1. The average Bonchev–Trinajstić information content (AvgIpc) is 2.74. The Kier molecular flexibility index (Phi) is 5.39. The maximum Gasteiger partial charge on any atom is 0.317 e. The predicted octanol–water partition coefficient (Wildman–Crippen LogP) is 2.56. The standard InChI is InChI=1S/C22H24N4O2/c27-21-19(14-18-8-4-5-9-20(18)24-21)16-25-10-12-26(13-11-25)22(28)23-15-17-6-2-1-3-7-17/h1-9,14H,10-13,15-16H2,(H,23,28)(H,24,27). The minimum absolute atomic E-state index is 0.0351. The fourth-order valence-electron chi connectivity index (χ4n) is 3.55. The van der Waals surface area contributed by atoms with Crippen molar-refractivity contribution in [3.05, 3.63) is 82.1 Å². The first-order chi connectivity index (χ1) is 13.7. The number of H-pyrrole nitrogens is 1. The number of aromatic nitrogens is 1. The lowest BCUT2D eigenvalue weighted by atomic mass is 10.1. The second kappa shape index (κ2) is 8.27. The molecule has 1 aliphatic heterocycles. The van der Waals surface area contributed by atoms with Gasteiger partial charge in [0.25, 0.3) is 5.56 Å². The van der Waals surface area contributed by atoms with E-state index in [1.807, 2.05) is 65.6 Å². The van der Waals surface area contributed by atoms with E-state index in [1.165, 1.54) is 0 Å². The summed E-state index contributed by atoms with van der Waals surface area (Å²) in [6.07, 6.45) is 0. The Morgan fingerprint density at radius 1 is 0.964 bits per heavy atom. The SMILES string of the molecule is O=C(NCc1ccccc1)N1CCN(Cc2cc3ccccc3[nH]c2=O)CC1. The number of hydrogen-bond acceptors (Lipinski definition) is 3. The van der Waals surface area contributed by atoms with E-state index in [0.29, 0.717) is 26.2 Å². The molecular weight excluding hydrogens is 352 g/mol. The predicted molar refractivity (Wildman–Crippen MR) is 110 cm³/mol. The van der Waals surface area contributed by atoms with Crippen molar-refractivity contribution in [2.75, 3.05) is 26.2 Å². The van der Waals surface area contributed by atoms with Crippen molar-refractivity contribution in [2.45, 2.75) is 13.1 Å². The van der Waals surface area contributed by atoms with Gasteiger partial charge in [0.1, 0.15) is 0 Å². The van der Waals surface area contributed by atoms with Crippen LogP contribution in [0.25, 0.3) is 10.9 Å². The van der Waals surface area contributed by atoms with Crippen molar-refractivity contribution >= 4 is 16.9 Å². The van der Waals surface area contributed by atoms with Gasteiger partial charge in [0.2, 0.25) is 0 Å². The average molecular weight is 376 g/mol. The van der Waals surface area contributed by atoms with Crippen LogP contribution in [-0.4, -0.2) is 47.0 Å². The van der Waals surface area contributed by atoms with Crippen LogP contribution in [-0.2, 0) is 13.1 Å². The molecule has 0 unspecified atom stereocenters. The molecule has 0 atom stereocenters. The summed E-state index contributed by atoms with van der Waals surface area (Å²) in [4.78, 5) is 31.7. The Bertz CT molecular complexity index is 1010. The molecule has 0 aliphatic carbocycles. The first kappa shape index (κ1) is 18.3. The summed E-state index contributed by atoms with van der Waals surface area (Å²) < 4.78 is 0. The van der Waals surface area contributed by atoms with E-state index in [4.69, 9.17) is 0 Å². The molecule has 2 amide bonds. The van der Waals surface area contributed by atoms with Crippen molar-refractivity contribution in [1.29, 1.82) is 0 Å². The van der Waals surface area contributed by atoms with Crippen LogP contribution in [0.2, 0.25) is 0 Å². The Labute approximate surface area is 163 Å². The minimum Gasteiger partial charge on any atom is -0.334 e. The van der Waals surface area contributed by atoms with E-state index in [9.17, 15) is 9.59 Å². The summed E-state index contributed by atoms with van der Waals surface area (Å²) in [5.41, 5.74) is 2.67. The second-order valence-electron chi connectivity index (χ2n) is 7.12. The molecular formula is C22H24N4O2. The molecule has 6 heteroatoms. The molecule has 1 aliphatic rings. The highest BCUT2D eigenvalue weighted by atomic mass is 16.2. The number of amides is 2. The van der Waals surface area contributed by atoms with E-state index in [0.717, 1.165) is 35.1 Å². The molecule has 0 radical (unpaired) electrons. The van der Waals surface area contributed by atoms with Gasteiger partial charge in [-0.15, -0.1) is 0 Å². The van der Waals surface area contributed by atoms with Crippen LogP contribution in [0.1, 0.15) is 11.1 Å². The van der Waals surface area contributed by atoms with Gasteiger partial charge in [-0.3, -0.25) is 9.69 Å². The van der Waals surface area contributed by atoms with Gasteiger partial charge in [-0.1, -0.05) is 48.5 Å². The molecule has 6 nitrogen and oxygen atoms in total. The third-order valence-electron chi connectivity index (χ3n) is 5.17. The molecule has 144 valence electrons. The first-order valence-corrected chi connectivity index (χ1v) is 9.59.